The van der Waals surface area contributed by atoms with Crippen LogP contribution in [0.5, 0.6) is 0 Å². The molecule has 31 heteroatoms. The minimum Gasteiger partial charge on any atom is -0.365 e. The number of benzene rings is 2. The molecule has 0 atom stereocenters. The molecule has 61 heavy (non-hydrogen) atoms. The smallest absolute Gasteiger partial charge is 0.365 e. The summed E-state index contributed by atoms with van der Waals surface area (Å²) < 4.78 is 226. The third-order valence-electron chi connectivity index (χ3n) is 6.62. The monoisotopic (exact) mass is 1000 g/mol. The quantitative estimate of drug-likeness (QED) is 0.152. The van der Waals surface area contributed by atoms with Crippen molar-refractivity contribution in [1.82, 2.24) is 19.9 Å². The molecule has 0 unspecified atom stereocenters. The van der Waals surface area contributed by atoms with E-state index >= 15 is 0 Å². The van der Waals surface area contributed by atoms with Crippen molar-refractivity contribution >= 4 is 63.8 Å². The van der Waals surface area contributed by atoms with Crippen LogP contribution in [0.15, 0.2) is 24.3 Å². The SMILES string of the molecule is N#Cc1c(Cl)nc(C(F)(F)F)nc1C(F)(F)F.N#Cc1c(NCc2c(Cl)cc(C(F)(F)F)cc2Cl)nc(C(F)(F)F)nc1C(F)(F)F.NCc1c(Cl)cc(C(F)(F)F)cc1Cl. The molecule has 0 aliphatic heterocycles. The van der Waals surface area contributed by atoms with E-state index in [0.29, 0.717) is 17.7 Å². The Balaban J connectivity index is 0.000000348. The molecule has 0 aliphatic carbocycles. The van der Waals surface area contributed by atoms with Crippen LogP contribution in [0.2, 0.25) is 25.2 Å². The standard InChI is InChI=1S/C15H5Cl2F9N4.C8H6Cl2F3N.C7ClF6N3/c16-8-1-5(13(18,19)20)2-9(17)7(8)4-28-11-6(3-27)10(14(21,22)23)29-12(30-11)15(24,25)26;9-6-1-4(8(11,12)13)2-7(10)5(6)3-14;8-4-2(1-15)3(6(9,10)11)16-5(17-4)7(12,13)14/h1-2H,4H2,(H,28,29,30);1-2H,3,14H2;. The summed E-state index contributed by atoms with van der Waals surface area (Å²) in [7, 11) is 0. The van der Waals surface area contributed by atoms with Gasteiger partial charge in [0.05, 0.1) is 11.1 Å². The largest absolute Gasteiger partial charge is 0.451 e. The molecule has 2 heterocycles. The van der Waals surface area contributed by atoms with Crippen molar-refractivity contribution < 1.29 is 79.0 Å². The third kappa shape index (κ3) is 14.0. The number of hydrogen-bond donors (Lipinski definition) is 2. The van der Waals surface area contributed by atoms with Gasteiger partial charge in [0.1, 0.15) is 29.1 Å². The second kappa shape index (κ2) is 19.3. The van der Waals surface area contributed by atoms with Crippen molar-refractivity contribution in [2.45, 2.75) is 50.1 Å². The van der Waals surface area contributed by atoms with E-state index in [2.05, 4.69) is 19.9 Å². The van der Waals surface area contributed by atoms with Gasteiger partial charge in [-0.2, -0.15) is 89.6 Å². The van der Waals surface area contributed by atoms with E-state index in [0.717, 1.165) is 24.3 Å². The topological polar surface area (TPSA) is 137 Å². The summed E-state index contributed by atoms with van der Waals surface area (Å²) in [6.07, 6.45) is -30.5. The summed E-state index contributed by atoms with van der Waals surface area (Å²) in [6.45, 7) is -0.730. The lowest BCUT2D eigenvalue weighted by atomic mass is 10.1. The fourth-order valence-corrected chi connectivity index (χ4v) is 5.43. The molecular weight excluding hydrogens is 992 g/mol. The van der Waals surface area contributed by atoms with Gasteiger partial charge < -0.3 is 11.1 Å². The Morgan fingerprint density at radius 1 is 0.492 bits per heavy atom. The van der Waals surface area contributed by atoms with Crippen molar-refractivity contribution in [3.63, 3.8) is 0 Å². The summed E-state index contributed by atoms with van der Waals surface area (Å²) in [5.41, 5.74) is -3.54. The molecule has 0 amide bonds. The molecule has 0 aliphatic rings. The van der Waals surface area contributed by atoms with Crippen molar-refractivity contribution in [2.24, 2.45) is 5.73 Å². The minimum absolute atomic E-state index is 0.00973. The number of hydrogen-bond acceptors (Lipinski definition) is 8. The van der Waals surface area contributed by atoms with Crippen LogP contribution in [0.1, 0.15) is 56.4 Å². The van der Waals surface area contributed by atoms with Gasteiger partial charge in [0.25, 0.3) is 0 Å². The first-order valence-electron chi connectivity index (χ1n) is 14.6. The number of halogens is 23. The zero-order chi connectivity index (χ0) is 47.4. The number of nitrogens with one attached hydrogen (secondary N) is 1. The molecule has 0 saturated heterocycles. The van der Waals surface area contributed by atoms with E-state index in [-0.39, 0.29) is 22.2 Å². The summed E-state index contributed by atoms with van der Waals surface area (Å²) in [5, 5.41) is 16.9. The number of alkyl halides is 18. The van der Waals surface area contributed by atoms with Crippen LogP contribution >= 0.6 is 58.0 Å². The molecule has 0 spiro atoms. The first-order chi connectivity index (χ1) is 27.5. The molecule has 0 fully saturated rings. The molecular formula is C30H11Cl5F18N8. The maximum atomic E-state index is 13.0. The van der Waals surface area contributed by atoms with E-state index < -0.39 is 110 Å². The molecule has 0 saturated carbocycles. The number of nitriles is 2. The van der Waals surface area contributed by atoms with E-state index in [1.165, 1.54) is 0 Å². The van der Waals surface area contributed by atoms with Crippen molar-refractivity contribution in [1.29, 1.82) is 10.5 Å². The van der Waals surface area contributed by atoms with Crippen LogP contribution in [-0.4, -0.2) is 19.9 Å². The van der Waals surface area contributed by atoms with Crippen LogP contribution in [0, 0.1) is 22.7 Å². The molecule has 8 nitrogen and oxygen atoms in total. The number of nitrogens with two attached hydrogens (primary N) is 1. The fraction of sp³-hybridized carbons (Fsp3) is 0.267. The van der Waals surface area contributed by atoms with Crippen molar-refractivity contribution in [3.8, 4) is 12.1 Å². The van der Waals surface area contributed by atoms with Crippen LogP contribution in [0.4, 0.5) is 84.8 Å². The van der Waals surface area contributed by atoms with E-state index in [1.807, 2.05) is 5.32 Å². The van der Waals surface area contributed by atoms with Crippen molar-refractivity contribution in [2.75, 3.05) is 5.32 Å². The number of rotatable bonds is 4. The van der Waals surface area contributed by atoms with Crippen LogP contribution in [-0.2, 0) is 50.1 Å². The molecule has 3 N–H and O–H groups in total. The van der Waals surface area contributed by atoms with Gasteiger partial charge in [-0.3, -0.25) is 0 Å². The average Bonchev–Trinajstić information content (AvgIpc) is 3.08. The van der Waals surface area contributed by atoms with Gasteiger partial charge in [0, 0.05) is 44.3 Å². The first-order valence-corrected chi connectivity index (χ1v) is 16.5. The van der Waals surface area contributed by atoms with Crippen LogP contribution < -0.4 is 11.1 Å². The highest BCUT2D eigenvalue weighted by Crippen LogP contribution is 2.40. The summed E-state index contributed by atoms with van der Waals surface area (Å²) >= 11 is 27.6. The number of anilines is 1. The fourth-order valence-electron chi connectivity index (χ4n) is 3.96. The van der Waals surface area contributed by atoms with E-state index in [4.69, 9.17) is 74.3 Å². The molecule has 4 aromatic rings. The summed E-state index contributed by atoms with van der Waals surface area (Å²) in [5.74, 6) is -5.38. The lowest BCUT2D eigenvalue weighted by Crippen LogP contribution is -2.21. The Kier molecular flexibility index (Phi) is 16.7. The summed E-state index contributed by atoms with van der Waals surface area (Å²) in [6, 6.07) is 4.63. The highest BCUT2D eigenvalue weighted by atomic mass is 35.5. The molecule has 0 bridgehead atoms. The zero-order valence-corrected chi connectivity index (χ0v) is 32.0. The van der Waals surface area contributed by atoms with E-state index in [9.17, 15) is 79.0 Å². The second-order valence-corrected chi connectivity index (χ2v) is 12.8. The van der Waals surface area contributed by atoms with Crippen LogP contribution in [0.25, 0.3) is 0 Å². The molecule has 2 aromatic heterocycles. The third-order valence-corrected chi connectivity index (χ3v) is 8.24. The Labute approximate surface area is 351 Å². The summed E-state index contributed by atoms with van der Waals surface area (Å²) in [4.78, 5) is 10.1. The Bertz CT molecular complexity index is 2280. The Morgan fingerprint density at radius 2 is 0.836 bits per heavy atom. The van der Waals surface area contributed by atoms with Gasteiger partial charge in [-0.15, -0.1) is 0 Å². The van der Waals surface area contributed by atoms with Crippen LogP contribution in [0.3, 0.4) is 0 Å². The lowest BCUT2D eigenvalue weighted by Gasteiger charge is -2.17. The minimum atomic E-state index is -5.42. The van der Waals surface area contributed by atoms with Crippen molar-refractivity contribution in [3.05, 3.63) is 106 Å². The highest BCUT2D eigenvalue weighted by Gasteiger charge is 2.44. The molecule has 332 valence electrons. The van der Waals surface area contributed by atoms with Gasteiger partial charge in [0.15, 0.2) is 16.5 Å². The lowest BCUT2D eigenvalue weighted by molar-refractivity contribution is -0.154. The van der Waals surface area contributed by atoms with Gasteiger partial charge >= 0.3 is 37.1 Å². The maximum Gasteiger partial charge on any atom is 0.451 e. The van der Waals surface area contributed by atoms with Gasteiger partial charge in [-0.25, -0.2) is 19.9 Å². The maximum absolute atomic E-state index is 13.0. The van der Waals surface area contributed by atoms with Gasteiger partial charge in [0.2, 0.25) is 11.6 Å². The molecule has 4 rings (SSSR count). The van der Waals surface area contributed by atoms with E-state index in [1.54, 1.807) is 0 Å². The number of aromatic nitrogens is 4. The zero-order valence-electron chi connectivity index (χ0n) is 28.2. The molecule has 2 aromatic carbocycles. The Morgan fingerprint density at radius 3 is 1.15 bits per heavy atom. The second-order valence-electron chi connectivity index (χ2n) is 10.8. The predicted molar refractivity (Wildman–Crippen MR) is 177 cm³/mol. The average molecular weight is 1000 g/mol. The first kappa shape index (κ1) is 52.7. The number of nitrogens with zero attached hydrogens (tertiary/aromatic N) is 6. The molecule has 0 radical (unpaired) electrons. The predicted octanol–water partition coefficient (Wildman–Crippen LogP) is 12.8. The van der Waals surface area contributed by atoms with Gasteiger partial charge in [-0.05, 0) is 24.3 Å². The van der Waals surface area contributed by atoms with Gasteiger partial charge in [-0.1, -0.05) is 58.0 Å². The highest BCUT2D eigenvalue weighted by molar-refractivity contribution is 6.36. The Hall–Kier alpha value is -4.47. The normalized spacial score (nSPS) is 12.4.